The number of rotatable bonds is 5. The van der Waals surface area contributed by atoms with Crippen LogP contribution < -0.4 is 10.1 Å². The molecule has 0 aliphatic rings. The van der Waals surface area contributed by atoms with Gasteiger partial charge in [0.2, 0.25) is 0 Å². The molecule has 0 bridgehead atoms. The van der Waals surface area contributed by atoms with Crippen molar-refractivity contribution in [1.82, 2.24) is 4.98 Å². The molecule has 0 spiro atoms. The van der Waals surface area contributed by atoms with Crippen LogP contribution in [0.4, 0.5) is 5.82 Å². The van der Waals surface area contributed by atoms with Crippen LogP contribution in [0, 0.1) is 25.2 Å². The summed E-state index contributed by atoms with van der Waals surface area (Å²) >= 11 is 0. The van der Waals surface area contributed by atoms with Gasteiger partial charge in [-0.1, -0.05) is 6.07 Å². The van der Waals surface area contributed by atoms with Gasteiger partial charge >= 0.3 is 0 Å². The van der Waals surface area contributed by atoms with Crippen LogP contribution in [0.5, 0.6) is 5.75 Å². The Kier molecular flexibility index (Phi) is 4.56. The second-order valence-corrected chi connectivity index (χ2v) is 4.53. The summed E-state index contributed by atoms with van der Waals surface area (Å²) in [6, 6.07) is 11.6. The maximum atomic E-state index is 8.95. The van der Waals surface area contributed by atoms with E-state index in [2.05, 4.69) is 30.2 Å². The summed E-state index contributed by atoms with van der Waals surface area (Å²) < 4.78 is 5.66. The van der Waals surface area contributed by atoms with Crippen LogP contribution in [-0.2, 0) is 0 Å². The normalized spacial score (nSPS) is 9.85. The van der Waals surface area contributed by atoms with E-state index in [-0.39, 0.29) is 0 Å². The first kappa shape index (κ1) is 13.9. The van der Waals surface area contributed by atoms with E-state index >= 15 is 0 Å². The fourth-order valence-corrected chi connectivity index (χ4v) is 1.78. The fraction of sp³-hybridized carbons (Fsp3) is 0.250. The lowest BCUT2D eigenvalue weighted by Gasteiger charge is -2.10. The predicted molar refractivity (Wildman–Crippen MR) is 78.9 cm³/mol. The zero-order valence-corrected chi connectivity index (χ0v) is 11.7. The molecule has 0 aliphatic heterocycles. The Morgan fingerprint density at radius 1 is 1.25 bits per heavy atom. The highest BCUT2D eigenvalue weighted by molar-refractivity contribution is 5.51. The summed E-state index contributed by atoms with van der Waals surface area (Å²) in [5.41, 5.74) is 3.01. The molecular weight excluding hydrogens is 250 g/mol. The van der Waals surface area contributed by atoms with Gasteiger partial charge in [-0.3, -0.25) is 0 Å². The van der Waals surface area contributed by atoms with Gasteiger partial charge in [0.1, 0.15) is 24.2 Å². The van der Waals surface area contributed by atoms with Crippen LogP contribution in [0.1, 0.15) is 16.7 Å². The highest BCUT2D eigenvalue weighted by Gasteiger charge is 2.01. The summed E-state index contributed by atoms with van der Waals surface area (Å²) in [5.74, 6) is 1.45. The standard InChI is InChI=1S/C16H17N3O/c1-12-5-6-15(10-13(12)2)20-9-8-19-16-14(11-17)4-3-7-18-16/h3-7,10H,8-9H2,1-2H3,(H,18,19). The van der Waals surface area contributed by atoms with Crippen LogP contribution >= 0.6 is 0 Å². The Balaban J connectivity index is 1.85. The Labute approximate surface area is 119 Å². The number of aryl methyl sites for hydroxylation is 2. The van der Waals surface area contributed by atoms with Gasteiger partial charge in [0.05, 0.1) is 12.1 Å². The Morgan fingerprint density at radius 3 is 2.85 bits per heavy atom. The van der Waals surface area contributed by atoms with Crippen molar-refractivity contribution >= 4 is 5.82 Å². The summed E-state index contributed by atoms with van der Waals surface area (Å²) in [5, 5.41) is 12.1. The maximum absolute atomic E-state index is 8.95. The van der Waals surface area contributed by atoms with Crippen molar-refractivity contribution in [3.05, 3.63) is 53.2 Å². The molecule has 2 rings (SSSR count). The van der Waals surface area contributed by atoms with Crippen molar-refractivity contribution in [2.45, 2.75) is 13.8 Å². The summed E-state index contributed by atoms with van der Waals surface area (Å²) in [6.07, 6.45) is 1.66. The highest BCUT2D eigenvalue weighted by Crippen LogP contribution is 2.16. The molecule has 0 atom stereocenters. The third kappa shape index (κ3) is 3.48. The number of benzene rings is 1. The largest absolute Gasteiger partial charge is 0.492 e. The maximum Gasteiger partial charge on any atom is 0.144 e. The van der Waals surface area contributed by atoms with Crippen molar-refractivity contribution in [1.29, 1.82) is 5.26 Å². The molecule has 1 aromatic heterocycles. The SMILES string of the molecule is Cc1ccc(OCCNc2ncccc2C#N)cc1C. The second-order valence-electron chi connectivity index (χ2n) is 4.53. The van der Waals surface area contributed by atoms with Crippen LogP contribution in [0.25, 0.3) is 0 Å². The van der Waals surface area contributed by atoms with Gasteiger partial charge in [-0.2, -0.15) is 5.26 Å². The van der Waals surface area contributed by atoms with Crippen LogP contribution in [-0.4, -0.2) is 18.1 Å². The Hall–Kier alpha value is -2.54. The second kappa shape index (κ2) is 6.58. The highest BCUT2D eigenvalue weighted by atomic mass is 16.5. The first-order valence-corrected chi connectivity index (χ1v) is 6.50. The van der Waals surface area contributed by atoms with Crippen molar-refractivity contribution in [3.63, 3.8) is 0 Å². The van der Waals surface area contributed by atoms with Gasteiger partial charge in [0.25, 0.3) is 0 Å². The molecule has 4 heteroatoms. The van der Waals surface area contributed by atoms with E-state index in [1.807, 2.05) is 18.2 Å². The third-order valence-corrected chi connectivity index (χ3v) is 3.07. The summed E-state index contributed by atoms with van der Waals surface area (Å²) in [4.78, 5) is 4.13. The van der Waals surface area contributed by atoms with E-state index < -0.39 is 0 Å². The minimum Gasteiger partial charge on any atom is -0.492 e. The lowest BCUT2D eigenvalue weighted by atomic mass is 10.1. The molecule has 0 aliphatic carbocycles. The minimum atomic E-state index is 0.518. The zero-order valence-electron chi connectivity index (χ0n) is 11.7. The van der Waals surface area contributed by atoms with Crippen molar-refractivity contribution in [3.8, 4) is 11.8 Å². The number of nitrogens with zero attached hydrogens (tertiary/aromatic N) is 2. The minimum absolute atomic E-state index is 0.518. The molecule has 0 fully saturated rings. The van der Waals surface area contributed by atoms with Gasteiger partial charge in [-0.15, -0.1) is 0 Å². The van der Waals surface area contributed by atoms with Gasteiger partial charge in [-0.25, -0.2) is 4.98 Å². The topological polar surface area (TPSA) is 57.9 Å². The number of hydrogen-bond acceptors (Lipinski definition) is 4. The Morgan fingerprint density at radius 2 is 2.10 bits per heavy atom. The molecule has 0 radical (unpaired) electrons. The number of aromatic nitrogens is 1. The summed E-state index contributed by atoms with van der Waals surface area (Å²) in [7, 11) is 0. The molecule has 0 unspecified atom stereocenters. The van der Waals surface area contributed by atoms with Crippen molar-refractivity contribution in [2.24, 2.45) is 0 Å². The number of anilines is 1. The molecule has 2 aromatic rings. The molecule has 102 valence electrons. The van der Waals surface area contributed by atoms with Gasteiger partial charge in [0, 0.05) is 6.20 Å². The number of ether oxygens (including phenoxy) is 1. The molecule has 1 aromatic carbocycles. The number of hydrogen-bond donors (Lipinski definition) is 1. The van der Waals surface area contributed by atoms with Crippen molar-refractivity contribution in [2.75, 3.05) is 18.5 Å². The molecule has 1 heterocycles. The van der Waals surface area contributed by atoms with Gasteiger partial charge in [-0.05, 0) is 49.2 Å². The molecule has 0 saturated carbocycles. The fourth-order valence-electron chi connectivity index (χ4n) is 1.78. The quantitative estimate of drug-likeness (QED) is 0.846. The molecule has 0 saturated heterocycles. The van der Waals surface area contributed by atoms with E-state index in [4.69, 9.17) is 10.00 Å². The molecule has 0 amide bonds. The van der Waals surface area contributed by atoms with Crippen LogP contribution in [0.15, 0.2) is 36.5 Å². The first-order valence-electron chi connectivity index (χ1n) is 6.50. The van der Waals surface area contributed by atoms with Gasteiger partial charge < -0.3 is 10.1 Å². The van der Waals surface area contributed by atoms with E-state index in [0.717, 1.165) is 5.75 Å². The number of nitriles is 1. The summed E-state index contributed by atoms with van der Waals surface area (Å²) in [6.45, 7) is 5.25. The van der Waals surface area contributed by atoms with Crippen molar-refractivity contribution < 1.29 is 4.74 Å². The van der Waals surface area contributed by atoms with E-state index in [1.165, 1.54) is 11.1 Å². The Bertz CT molecular complexity index is 632. The number of nitrogens with one attached hydrogen (secondary N) is 1. The smallest absolute Gasteiger partial charge is 0.144 e. The first-order chi connectivity index (χ1) is 9.70. The van der Waals surface area contributed by atoms with Crippen LogP contribution in [0.3, 0.4) is 0 Å². The van der Waals surface area contributed by atoms with E-state index in [9.17, 15) is 0 Å². The average molecular weight is 267 g/mol. The zero-order chi connectivity index (χ0) is 14.4. The monoisotopic (exact) mass is 267 g/mol. The molecule has 4 nitrogen and oxygen atoms in total. The predicted octanol–water partition coefficient (Wildman–Crippen LogP) is 3.06. The third-order valence-electron chi connectivity index (χ3n) is 3.07. The molecule has 20 heavy (non-hydrogen) atoms. The lowest BCUT2D eigenvalue weighted by Crippen LogP contribution is -2.13. The van der Waals surface area contributed by atoms with Gasteiger partial charge in [0.15, 0.2) is 0 Å². The number of pyridine rings is 1. The van der Waals surface area contributed by atoms with Crippen LogP contribution in [0.2, 0.25) is 0 Å². The molecule has 1 N–H and O–H groups in total. The average Bonchev–Trinajstić information content (AvgIpc) is 2.47. The lowest BCUT2D eigenvalue weighted by molar-refractivity contribution is 0.332. The van der Waals surface area contributed by atoms with E-state index in [0.29, 0.717) is 24.5 Å². The van der Waals surface area contributed by atoms with E-state index in [1.54, 1.807) is 18.3 Å². The molecular formula is C16H17N3O.